The lowest BCUT2D eigenvalue weighted by molar-refractivity contribution is -0.0885. The van der Waals surface area contributed by atoms with Gasteiger partial charge >= 0.3 is 6.18 Å². The summed E-state index contributed by atoms with van der Waals surface area (Å²) in [6, 6.07) is 12.1. The number of Topliss-reactive ketones (excluding diaryl/α,β-unsaturated/α-hetero) is 1. The average Bonchev–Trinajstić information content (AvgIpc) is 2.52. The number of hydrogen-bond acceptors (Lipinski definition) is 3. The molecule has 0 saturated carbocycles. The van der Waals surface area contributed by atoms with E-state index in [9.17, 15) is 18.0 Å². The summed E-state index contributed by atoms with van der Waals surface area (Å²) in [5, 5.41) is 0. The van der Waals surface area contributed by atoms with Gasteiger partial charge in [-0.2, -0.15) is 13.2 Å². The van der Waals surface area contributed by atoms with Crippen LogP contribution in [0.1, 0.15) is 15.9 Å². The number of rotatable bonds is 5. The molecule has 0 aliphatic heterocycles. The molecule has 0 N–H and O–H groups in total. The smallest absolute Gasteiger partial charge is 0.454 e. The van der Waals surface area contributed by atoms with Gasteiger partial charge in [-0.3, -0.25) is 4.79 Å². The summed E-state index contributed by atoms with van der Waals surface area (Å²) in [6.45, 7) is 0.260. The minimum Gasteiger partial charge on any atom is -0.497 e. The highest BCUT2D eigenvalue weighted by atomic mass is 19.4. The predicted molar refractivity (Wildman–Crippen MR) is 74.2 cm³/mol. The van der Waals surface area contributed by atoms with E-state index in [1.54, 1.807) is 19.2 Å². The van der Waals surface area contributed by atoms with Crippen LogP contribution in [0, 0.1) is 0 Å². The van der Waals surface area contributed by atoms with Crippen LogP contribution in [0.2, 0.25) is 0 Å². The summed E-state index contributed by atoms with van der Waals surface area (Å²) < 4.78 is 47.3. The fraction of sp³-hybridized carbons (Fsp3) is 0.188. The van der Waals surface area contributed by atoms with Crippen LogP contribution in [0.5, 0.6) is 11.5 Å². The third-order valence-electron chi connectivity index (χ3n) is 2.94. The van der Waals surface area contributed by atoms with Crippen LogP contribution in [0.4, 0.5) is 13.2 Å². The maximum atomic E-state index is 12.3. The van der Waals surface area contributed by atoms with Crippen LogP contribution in [0.15, 0.2) is 48.5 Å². The van der Waals surface area contributed by atoms with Crippen molar-refractivity contribution in [3.8, 4) is 11.5 Å². The lowest BCUT2D eigenvalue weighted by atomic mass is 10.1. The van der Waals surface area contributed by atoms with Crippen LogP contribution in [-0.4, -0.2) is 19.1 Å². The monoisotopic (exact) mass is 310 g/mol. The van der Waals surface area contributed by atoms with Gasteiger partial charge in [0.15, 0.2) is 0 Å². The maximum absolute atomic E-state index is 12.3. The first kappa shape index (κ1) is 15.9. The Balaban J connectivity index is 1.97. The van der Waals surface area contributed by atoms with Gasteiger partial charge in [0, 0.05) is 5.56 Å². The molecule has 3 nitrogen and oxygen atoms in total. The molecule has 2 aromatic carbocycles. The molecule has 0 aromatic heterocycles. The molecule has 0 bridgehead atoms. The minimum atomic E-state index is -4.87. The predicted octanol–water partition coefficient (Wildman–Crippen LogP) is 4.02. The summed E-state index contributed by atoms with van der Waals surface area (Å²) in [4.78, 5) is 11.0. The first-order valence-electron chi connectivity index (χ1n) is 6.37. The SMILES string of the molecule is COc1ccc(COc2ccc(C(=O)C(F)(F)F)cc2)cc1. The van der Waals surface area contributed by atoms with E-state index in [-0.39, 0.29) is 6.61 Å². The second-order valence-electron chi connectivity index (χ2n) is 4.49. The van der Waals surface area contributed by atoms with E-state index in [2.05, 4.69) is 0 Å². The molecule has 0 unspecified atom stereocenters. The van der Waals surface area contributed by atoms with Crippen molar-refractivity contribution < 1.29 is 27.4 Å². The fourth-order valence-corrected chi connectivity index (χ4v) is 1.75. The van der Waals surface area contributed by atoms with Crippen LogP contribution in [-0.2, 0) is 6.61 Å². The largest absolute Gasteiger partial charge is 0.497 e. The Morgan fingerprint density at radius 1 is 0.955 bits per heavy atom. The Bertz CT molecular complexity index is 631. The molecule has 0 spiro atoms. The Morgan fingerprint density at radius 3 is 2.00 bits per heavy atom. The van der Waals surface area contributed by atoms with Crippen molar-refractivity contribution in [3.63, 3.8) is 0 Å². The quantitative estimate of drug-likeness (QED) is 0.783. The zero-order valence-electron chi connectivity index (χ0n) is 11.7. The lowest BCUT2D eigenvalue weighted by Gasteiger charge is -2.09. The number of benzene rings is 2. The highest BCUT2D eigenvalue weighted by Crippen LogP contribution is 2.23. The number of methoxy groups -OCH3 is 1. The molecule has 116 valence electrons. The van der Waals surface area contributed by atoms with E-state index in [1.807, 2.05) is 12.1 Å². The molecule has 0 atom stereocenters. The van der Waals surface area contributed by atoms with Gasteiger partial charge < -0.3 is 9.47 Å². The van der Waals surface area contributed by atoms with Crippen molar-refractivity contribution in [2.24, 2.45) is 0 Å². The highest BCUT2D eigenvalue weighted by molar-refractivity contribution is 6.00. The van der Waals surface area contributed by atoms with E-state index in [0.29, 0.717) is 5.75 Å². The van der Waals surface area contributed by atoms with Crippen LogP contribution < -0.4 is 9.47 Å². The van der Waals surface area contributed by atoms with Gasteiger partial charge in [0.1, 0.15) is 18.1 Å². The molecule has 0 aliphatic carbocycles. The number of ketones is 1. The van der Waals surface area contributed by atoms with Gasteiger partial charge in [0.2, 0.25) is 0 Å². The van der Waals surface area contributed by atoms with Crippen molar-refractivity contribution >= 4 is 5.78 Å². The van der Waals surface area contributed by atoms with Gasteiger partial charge in [-0.05, 0) is 42.0 Å². The normalized spacial score (nSPS) is 11.1. The molecule has 0 amide bonds. The number of ether oxygens (including phenoxy) is 2. The van der Waals surface area contributed by atoms with Crippen molar-refractivity contribution in [3.05, 3.63) is 59.7 Å². The molecule has 0 fully saturated rings. The molecule has 2 rings (SSSR count). The van der Waals surface area contributed by atoms with Crippen molar-refractivity contribution in [1.29, 1.82) is 0 Å². The standard InChI is InChI=1S/C16H13F3O3/c1-21-13-6-2-11(3-7-13)10-22-14-8-4-12(5-9-14)15(20)16(17,18)19/h2-9H,10H2,1H3. The summed E-state index contributed by atoms with van der Waals surface area (Å²) in [5.74, 6) is -0.762. The van der Waals surface area contributed by atoms with Crippen molar-refractivity contribution in [2.45, 2.75) is 12.8 Å². The van der Waals surface area contributed by atoms with E-state index in [4.69, 9.17) is 9.47 Å². The van der Waals surface area contributed by atoms with Crippen LogP contribution >= 0.6 is 0 Å². The lowest BCUT2D eigenvalue weighted by Crippen LogP contribution is -2.22. The van der Waals surface area contributed by atoms with Gasteiger partial charge in [-0.15, -0.1) is 0 Å². The van der Waals surface area contributed by atoms with Gasteiger partial charge in [-0.1, -0.05) is 12.1 Å². The number of halogens is 3. The maximum Gasteiger partial charge on any atom is 0.454 e. The highest BCUT2D eigenvalue weighted by Gasteiger charge is 2.39. The second-order valence-corrected chi connectivity index (χ2v) is 4.49. The summed E-state index contributed by atoms with van der Waals surface area (Å²) >= 11 is 0. The van der Waals surface area contributed by atoms with Crippen molar-refractivity contribution in [2.75, 3.05) is 7.11 Å². The third kappa shape index (κ3) is 4.00. The van der Waals surface area contributed by atoms with Crippen LogP contribution in [0.3, 0.4) is 0 Å². The first-order valence-corrected chi connectivity index (χ1v) is 6.37. The van der Waals surface area contributed by atoms with Gasteiger partial charge in [-0.25, -0.2) is 0 Å². The van der Waals surface area contributed by atoms with E-state index in [0.717, 1.165) is 23.4 Å². The Kier molecular flexibility index (Phi) is 4.70. The Hall–Kier alpha value is -2.50. The zero-order chi connectivity index (χ0) is 16.2. The molecule has 0 heterocycles. The number of carbonyl (C=O) groups excluding carboxylic acids is 1. The van der Waals surface area contributed by atoms with E-state index in [1.165, 1.54) is 12.1 Å². The Labute approximate surface area is 125 Å². The Morgan fingerprint density at radius 2 is 1.50 bits per heavy atom. The van der Waals surface area contributed by atoms with Crippen molar-refractivity contribution in [1.82, 2.24) is 0 Å². The average molecular weight is 310 g/mol. The first-order chi connectivity index (χ1) is 10.4. The van der Waals surface area contributed by atoms with Gasteiger partial charge in [0.05, 0.1) is 7.11 Å². The molecular formula is C16H13F3O3. The van der Waals surface area contributed by atoms with E-state index >= 15 is 0 Å². The topological polar surface area (TPSA) is 35.5 Å². The van der Waals surface area contributed by atoms with Gasteiger partial charge in [0.25, 0.3) is 5.78 Å². The summed E-state index contributed by atoms with van der Waals surface area (Å²) in [7, 11) is 1.56. The molecule has 0 radical (unpaired) electrons. The summed E-state index contributed by atoms with van der Waals surface area (Å²) in [5.41, 5.74) is 0.473. The molecule has 0 saturated heterocycles. The number of carbonyl (C=O) groups is 1. The molecule has 6 heteroatoms. The molecular weight excluding hydrogens is 297 g/mol. The van der Waals surface area contributed by atoms with Crippen LogP contribution in [0.25, 0.3) is 0 Å². The minimum absolute atomic E-state index is 0.260. The molecule has 22 heavy (non-hydrogen) atoms. The molecule has 2 aromatic rings. The third-order valence-corrected chi connectivity index (χ3v) is 2.94. The van der Waals surface area contributed by atoms with E-state index < -0.39 is 17.5 Å². The zero-order valence-corrected chi connectivity index (χ0v) is 11.7. The fourth-order valence-electron chi connectivity index (χ4n) is 1.75. The number of alkyl halides is 3. The summed E-state index contributed by atoms with van der Waals surface area (Å²) in [6.07, 6.45) is -4.87. The molecule has 0 aliphatic rings. The number of hydrogen-bond donors (Lipinski definition) is 0. The second kappa shape index (κ2) is 6.51.